The summed E-state index contributed by atoms with van der Waals surface area (Å²) in [5.41, 5.74) is 7.56. The summed E-state index contributed by atoms with van der Waals surface area (Å²) in [5, 5.41) is 2.70. The van der Waals surface area contributed by atoms with E-state index in [9.17, 15) is 9.59 Å². The number of imide groups is 1. The number of aryl methyl sites for hydroxylation is 2. The molecule has 0 bridgehead atoms. The fourth-order valence-corrected chi connectivity index (χ4v) is 2.10. The zero-order chi connectivity index (χ0) is 16.5. The van der Waals surface area contributed by atoms with Crippen LogP contribution >= 0.6 is 0 Å². The molecule has 1 aromatic rings. The van der Waals surface area contributed by atoms with E-state index in [-0.39, 0.29) is 19.0 Å². The number of hydrogen-bond acceptors (Lipinski definition) is 4. The molecule has 6 nitrogen and oxygen atoms in total. The van der Waals surface area contributed by atoms with Gasteiger partial charge in [-0.25, -0.2) is 4.79 Å². The van der Waals surface area contributed by atoms with Gasteiger partial charge in [-0.2, -0.15) is 0 Å². The molecule has 0 radical (unpaired) electrons. The average Bonchev–Trinajstić information content (AvgIpc) is 2.46. The Labute approximate surface area is 131 Å². The molecule has 22 heavy (non-hydrogen) atoms. The highest BCUT2D eigenvalue weighted by Gasteiger charge is 2.15. The van der Waals surface area contributed by atoms with Crippen LogP contribution in [-0.4, -0.2) is 43.1 Å². The van der Waals surface area contributed by atoms with E-state index in [0.717, 1.165) is 21.8 Å². The maximum atomic E-state index is 11.8. The van der Waals surface area contributed by atoms with Gasteiger partial charge in [0.2, 0.25) is 5.91 Å². The number of benzene rings is 1. The van der Waals surface area contributed by atoms with Gasteiger partial charge < -0.3 is 15.8 Å². The van der Waals surface area contributed by atoms with Crippen molar-refractivity contribution in [1.29, 1.82) is 0 Å². The summed E-state index contributed by atoms with van der Waals surface area (Å²) in [7, 11) is 0. The first kappa shape index (κ1) is 18.0. The Hall–Kier alpha value is -2.08. The minimum absolute atomic E-state index is 0.222. The maximum absolute atomic E-state index is 11.8. The number of nitrogens with zero attached hydrogens (tertiary/aromatic N) is 1. The van der Waals surface area contributed by atoms with E-state index in [1.165, 1.54) is 6.92 Å². The van der Waals surface area contributed by atoms with Gasteiger partial charge in [0, 0.05) is 26.6 Å². The van der Waals surface area contributed by atoms with Crippen molar-refractivity contribution >= 4 is 11.9 Å². The number of amides is 3. The Balaban J connectivity index is 2.33. The van der Waals surface area contributed by atoms with Gasteiger partial charge in [-0.05, 0) is 31.4 Å². The van der Waals surface area contributed by atoms with Crippen molar-refractivity contribution in [2.24, 2.45) is 5.73 Å². The number of urea groups is 1. The largest absolute Gasteiger partial charge is 0.493 e. The molecular weight excluding hydrogens is 282 g/mol. The van der Waals surface area contributed by atoms with Crippen LogP contribution in [0.2, 0.25) is 0 Å². The molecule has 0 atom stereocenters. The fourth-order valence-electron chi connectivity index (χ4n) is 2.10. The standard InChI is InChI=1S/C16H25N3O3/c1-12-6-4-7-13(2)15(12)22-11-5-9-18-16(21)19(10-8-17)14(3)20/h4,6-7H,5,8-11,17H2,1-3H3,(H,18,21). The van der Waals surface area contributed by atoms with E-state index >= 15 is 0 Å². The van der Waals surface area contributed by atoms with E-state index in [4.69, 9.17) is 10.5 Å². The highest BCUT2D eigenvalue weighted by molar-refractivity contribution is 5.93. The molecule has 6 heteroatoms. The summed E-state index contributed by atoms with van der Waals surface area (Å²) in [6.07, 6.45) is 0.661. The molecule has 122 valence electrons. The summed E-state index contributed by atoms with van der Waals surface area (Å²) in [6.45, 7) is 6.77. The second-order valence-electron chi connectivity index (χ2n) is 5.11. The van der Waals surface area contributed by atoms with E-state index in [2.05, 4.69) is 5.32 Å². The Bertz CT molecular complexity index is 497. The predicted molar refractivity (Wildman–Crippen MR) is 85.9 cm³/mol. The average molecular weight is 307 g/mol. The Morgan fingerprint density at radius 2 is 1.91 bits per heavy atom. The molecule has 0 heterocycles. The van der Waals surface area contributed by atoms with Crippen molar-refractivity contribution in [1.82, 2.24) is 10.2 Å². The van der Waals surface area contributed by atoms with Crippen LogP contribution in [0, 0.1) is 13.8 Å². The van der Waals surface area contributed by atoms with E-state index in [1.54, 1.807) is 0 Å². The van der Waals surface area contributed by atoms with Crippen molar-refractivity contribution in [2.75, 3.05) is 26.2 Å². The van der Waals surface area contributed by atoms with Gasteiger partial charge in [-0.3, -0.25) is 9.69 Å². The number of carbonyl (C=O) groups is 2. The number of nitrogens with two attached hydrogens (primary N) is 1. The van der Waals surface area contributed by atoms with Gasteiger partial charge in [-0.15, -0.1) is 0 Å². The van der Waals surface area contributed by atoms with E-state index < -0.39 is 6.03 Å². The van der Waals surface area contributed by atoms with Gasteiger partial charge >= 0.3 is 6.03 Å². The van der Waals surface area contributed by atoms with Gasteiger partial charge in [0.1, 0.15) is 5.75 Å². The SMILES string of the molecule is CC(=O)N(CCN)C(=O)NCCCOc1c(C)cccc1C. The van der Waals surface area contributed by atoms with Crippen LogP contribution < -0.4 is 15.8 Å². The molecule has 3 N–H and O–H groups in total. The zero-order valence-corrected chi connectivity index (χ0v) is 13.5. The van der Waals surface area contributed by atoms with Crippen LogP contribution in [0.25, 0.3) is 0 Å². The molecular formula is C16H25N3O3. The van der Waals surface area contributed by atoms with Crippen molar-refractivity contribution in [3.63, 3.8) is 0 Å². The first-order valence-electron chi connectivity index (χ1n) is 7.42. The molecule has 0 saturated heterocycles. The first-order chi connectivity index (χ1) is 10.5. The van der Waals surface area contributed by atoms with Crippen molar-refractivity contribution in [3.8, 4) is 5.75 Å². The van der Waals surface area contributed by atoms with Crippen molar-refractivity contribution < 1.29 is 14.3 Å². The number of nitrogens with one attached hydrogen (secondary N) is 1. The Morgan fingerprint density at radius 1 is 1.27 bits per heavy atom. The highest BCUT2D eigenvalue weighted by atomic mass is 16.5. The maximum Gasteiger partial charge on any atom is 0.324 e. The number of rotatable bonds is 7. The molecule has 1 aromatic carbocycles. The molecule has 0 aliphatic rings. The molecule has 3 amide bonds. The van der Waals surface area contributed by atoms with Gasteiger partial charge in [0.25, 0.3) is 0 Å². The third kappa shape index (κ3) is 5.37. The predicted octanol–water partition coefficient (Wildman–Crippen LogP) is 1.59. The highest BCUT2D eigenvalue weighted by Crippen LogP contribution is 2.22. The van der Waals surface area contributed by atoms with Gasteiger partial charge in [0.15, 0.2) is 0 Å². The third-order valence-corrected chi connectivity index (χ3v) is 3.23. The number of ether oxygens (including phenoxy) is 1. The molecule has 0 fully saturated rings. The number of carbonyl (C=O) groups excluding carboxylic acids is 2. The zero-order valence-electron chi connectivity index (χ0n) is 13.5. The topological polar surface area (TPSA) is 84.7 Å². The second kappa shape index (κ2) is 9.04. The quantitative estimate of drug-likeness (QED) is 0.749. The third-order valence-electron chi connectivity index (χ3n) is 3.23. The van der Waals surface area contributed by atoms with Gasteiger partial charge in [-0.1, -0.05) is 18.2 Å². The molecule has 0 saturated carbocycles. The smallest absolute Gasteiger partial charge is 0.324 e. The van der Waals surface area contributed by atoms with Crippen LogP contribution in [0.15, 0.2) is 18.2 Å². The molecule has 0 aromatic heterocycles. The van der Waals surface area contributed by atoms with E-state index in [0.29, 0.717) is 19.6 Å². The van der Waals surface area contributed by atoms with Crippen molar-refractivity contribution in [3.05, 3.63) is 29.3 Å². The lowest BCUT2D eigenvalue weighted by Gasteiger charge is -2.19. The van der Waals surface area contributed by atoms with Crippen LogP contribution in [-0.2, 0) is 4.79 Å². The summed E-state index contributed by atoms with van der Waals surface area (Å²) < 4.78 is 5.75. The monoisotopic (exact) mass is 307 g/mol. The summed E-state index contributed by atoms with van der Waals surface area (Å²) in [4.78, 5) is 24.2. The molecule has 1 rings (SSSR count). The second-order valence-corrected chi connectivity index (χ2v) is 5.11. The molecule has 0 unspecified atom stereocenters. The van der Waals surface area contributed by atoms with Crippen molar-refractivity contribution in [2.45, 2.75) is 27.2 Å². The first-order valence-corrected chi connectivity index (χ1v) is 7.42. The molecule has 0 spiro atoms. The van der Waals surface area contributed by atoms with Crippen LogP contribution in [0.1, 0.15) is 24.5 Å². The normalized spacial score (nSPS) is 10.2. The lowest BCUT2D eigenvalue weighted by Crippen LogP contribution is -2.45. The minimum atomic E-state index is -0.412. The number of para-hydroxylation sites is 1. The lowest BCUT2D eigenvalue weighted by atomic mass is 10.1. The molecule has 0 aliphatic carbocycles. The van der Waals surface area contributed by atoms with Crippen LogP contribution in [0.5, 0.6) is 5.75 Å². The summed E-state index contributed by atoms with van der Waals surface area (Å²) in [5.74, 6) is 0.581. The number of hydrogen-bond donors (Lipinski definition) is 2. The fraction of sp³-hybridized carbons (Fsp3) is 0.500. The summed E-state index contributed by atoms with van der Waals surface area (Å²) in [6, 6.07) is 5.58. The van der Waals surface area contributed by atoms with Crippen LogP contribution in [0.4, 0.5) is 4.79 Å². The van der Waals surface area contributed by atoms with E-state index in [1.807, 2.05) is 32.0 Å². The lowest BCUT2D eigenvalue weighted by molar-refractivity contribution is -0.125. The summed E-state index contributed by atoms with van der Waals surface area (Å²) >= 11 is 0. The minimum Gasteiger partial charge on any atom is -0.493 e. The Kier molecular flexibility index (Phi) is 7.39. The van der Waals surface area contributed by atoms with Crippen LogP contribution in [0.3, 0.4) is 0 Å². The molecule has 0 aliphatic heterocycles. The Morgan fingerprint density at radius 3 is 2.45 bits per heavy atom. The van der Waals surface area contributed by atoms with Gasteiger partial charge in [0.05, 0.1) is 6.61 Å².